The van der Waals surface area contributed by atoms with Gasteiger partial charge in [0.25, 0.3) is 11.7 Å². The van der Waals surface area contributed by atoms with Crippen molar-refractivity contribution in [1.82, 2.24) is 9.88 Å². The van der Waals surface area contributed by atoms with Gasteiger partial charge in [0, 0.05) is 34.3 Å². The molecule has 2 N–H and O–H groups in total. The number of aromatic amines is 1. The first-order valence-corrected chi connectivity index (χ1v) is 10.6. The second-order valence-electron chi connectivity index (χ2n) is 7.66. The van der Waals surface area contributed by atoms with E-state index in [0.717, 1.165) is 22.2 Å². The summed E-state index contributed by atoms with van der Waals surface area (Å²) in [4.78, 5) is 31.0. The molecule has 0 spiro atoms. The third-order valence-corrected chi connectivity index (χ3v) is 5.64. The Labute approximate surface area is 181 Å². The van der Waals surface area contributed by atoms with Crippen molar-refractivity contribution < 1.29 is 19.4 Å². The lowest BCUT2D eigenvalue weighted by Crippen LogP contribution is -2.30. The van der Waals surface area contributed by atoms with Gasteiger partial charge in [0.05, 0.1) is 18.2 Å². The first kappa shape index (κ1) is 20.7. The number of aryl methyl sites for hydroxylation is 1. The fraction of sp³-hybridized carbons (Fsp3) is 0.280. The van der Waals surface area contributed by atoms with Crippen LogP contribution >= 0.6 is 0 Å². The van der Waals surface area contributed by atoms with E-state index < -0.39 is 17.7 Å². The third-order valence-electron chi connectivity index (χ3n) is 5.64. The molecule has 6 nitrogen and oxygen atoms in total. The predicted octanol–water partition coefficient (Wildman–Crippen LogP) is 4.71. The molecular weight excluding hydrogens is 392 g/mol. The molecule has 1 aliphatic heterocycles. The highest BCUT2D eigenvalue weighted by molar-refractivity contribution is 6.46. The highest BCUT2D eigenvalue weighted by atomic mass is 16.5. The minimum atomic E-state index is -0.664. The number of hydrogen-bond donors (Lipinski definition) is 2. The Bertz CT molecular complexity index is 1190. The van der Waals surface area contributed by atoms with E-state index in [1.807, 2.05) is 45.0 Å². The Balaban J connectivity index is 1.95. The van der Waals surface area contributed by atoms with Crippen molar-refractivity contribution in [3.8, 4) is 5.75 Å². The van der Waals surface area contributed by atoms with Crippen LogP contribution < -0.4 is 4.74 Å². The molecule has 31 heavy (non-hydrogen) atoms. The van der Waals surface area contributed by atoms with Crippen LogP contribution in [0, 0.1) is 6.92 Å². The molecule has 1 amide bonds. The van der Waals surface area contributed by atoms with E-state index in [0.29, 0.717) is 30.9 Å². The number of para-hydroxylation sites is 1. The Kier molecular flexibility index (Phi) is 5.55. The summed E-state index contributed by atoms with van der Waals surface area (Å²) in [5.74, 6) is -0.844. The number of Topliss-reactive ketones (excluding diaryl/α,β-unsaturated/α-hetero) is 1. The molecule has 1 fully saturated rings. The van der Waals surface area contributed by atoms with E-state index in [-0.39, 0.29) is 11.3 Å². The van der Waals surface area contributed by atoms with Gasteiger partial charge in [0.1, 0.15) is 11.5 Å². The number of nitrogens with one attached hydrogen (secondary N) is 1. The van der Waals surface area contributed by atoms with Gasteiger partial charge in [0.15, 0.2) is 0 Å². The Morgan fingerprint density at radius 3 is 2.65 bits per heavy atom. The number of benzene rings is 2. The summed E-state index contributed by atoms with van der Waals surface area (Å²) in [7, 11) is 0. The van der Waals surface area contributed by atoms with Crippen molar-refractivity contribution in [3.63, 3.8) is 0 Å². The number of fused-ring (bicyclic) bond motifs is 1. The summed E-state index contributed by atoms with van der Waals surface area (Å²) in [6.45, 7) is 6.67. The molecule has 0 saturated carbocycles. The predicted molar refractivity (Wildman–Crippen MR) is 120 cm³/mol. The molecule has 0 bridgehead atoms. The number of aliphatic hydroxyl groups excluding tert-OH is 1. The zero-order chi connectivity index (χ0) is 22.1. The van der Waals surface area contributed by atoms with E-state index >= 15 is 0 Å². The molecule has 0 aliphatic carbocycles. The lowest BCUT2D eigenvalue weighted by molar-refractivity contribution is -0.139. The average Bonchev–Trinajstić information content (AvgIpc) is 3.22. The number of aliphatic hydroxyl groups is 1. The third kappa shape index (κ3) is 3.48. The number of ketones is 1. The summed E-state index contributed by atoms with van der Waals surface area (Å²) < 4.78 is 5.54. The molecule has 4 rings (SSSR count). The molecule has 3 aromatic rings. The van der Waals surface area contributed by atoms with E-state index in [4.69, 9.17) is 4.74 Å². The summed E-state index contributed by atoms with van der Waals surface area (Å²) in [5, 5.41) is 12.2. The van der Waals surface area contributed by atoms with Crippen molar-refractivity contribution in [1.29, 1.82) is 0 Å². The van der Waals surface area contributed by atoms with Crippen LogP contribution in [0.1, 0.15) is 43.1 Å². The van der Waals surface area contributed by atoms with Crippen molar-refractivity contribution in [2.75, 3.05) is 13.2 Å². The van der Waals surface area contributed by atoms with Gasteiger partial charge in [-0.3, -0.25) is 9.59 Å². The van der Waals surface area contributed by atoms with Crippen LogP contribution in [0.4, 0.5) is 0 Å². The topological polar surface area (TPSA) is 82.6 Å². The van der Waals surface area contributed by atoms with Gasteiger partial charge in [-0.05, 0) is 38.5 Å². The molecule has 1 aliphatic rings. The van der Waals surface area contributed by atoms with Crippen LogP contribution in [0.2, 0.25) is 0 Å². The number of ether oxygens (including phenoxy) is 1. The van der Waals surface area contributed by atoms with Crippen LogP contribution in [0.5, 0.6) is 5.75 Å². The Morgan fingerprint density at radius 1 is 1.13 bits per heavy atom. The van der Waals surface area contributed by atoms with Crippen LogP contribution in [0.25, 0.3) is 16.7 Å². The molecule has 160 valence electrons. The molecule has 1 aromatic heterocycles. The Morgan fingerprint density at radius 2 is 1.90 bits per heavy atom. The molecule has 2 heterocycles. The first-order valence-electron chi connectivity index (χ1n) is 10.6. The summed E-state index contributed by atoms with van der Waals surface area (Å²) >= 11 is 0. The second kappa shape index (κ2) is 8.30. The standard InChI is InChI=1S/C25H26N2O4/c1-4-13-27-22(20-15(3)26-19-12-7-6-11-18(19)20)21(24(29)25(27)30)23(28)16-9-8-10-17(14-16)31-5-2/h6-12,14,22,26,28H,4-5,13H2,1-3H3/b23-21+. The van der Waals surface area contributed by atoms with Crippen LogP contribution in [0.15, 0.2) is 54.1 Å². The summed E-state index contributed by atoms with van der Waals surface area (Å²) in [6.07, 6.45) is 0.699. The molecule has 1 saturated heterocycles. The van der Waals surface area contributed by atoms with Gasteiger partial charge in [-0.25, -0.2) is 0 Å². The largest absolute Gasteiger partial charge is 0.507 e. The van der Waals surface area contributed by atoms with Crippen molar-refractivity contribution in [2.45, 2.75) is 33.2 Å². The zero-order valence-corrected chi connectivity index (χ0v) is 17.9. The number of hydrogen-bond acceptors (Lipinski definition) is 4. The number of rotatable bonds is 6. The maximum absolute atomic E-state index is 13.1. The van der Waals surface area contributed by atoms with Gasteiger partial charge in [-0.1, -0.05) is 37.3 Å². The van der Waals surface area contributed by atoms with Crippen molar-refractivity contribution in [3.05, 3.63) is 70.9 Å². The monoisotopic (exact) mass is 418 g/mol. The van der Waals surface area contributed by atoms with Crippen LogP contribution in [0.3, 0.4) is 0 Å². The lowest BCUT2D eigenvalue weighted by Gasteiger charge is -2.25. The SMILES string of the molecule is CCCN1C(=O)C(=O)/C(=C(/O)c2cccc(OCC)c2)C1c1c(C)[nH]c2ccccc12. The number of carbonyl (C=O) groups is 2. The Hall–Kier alpha value is -3.54. The van der Waals surface area contributed by atoms with Crippen LogP contribution in [-0.2, 0) is 9.59 Å². The maximum Gasteiger partial charge on any atom is 0.295 e. The lowest BCUT2D eigenvalue weighted by atomic mass is 9.93. The maximum atomic E-state index is 13.1. The van der Waals surface area contributed by atoms with Crippen molar-refractivity contribution in [2.24, 2.45) is 0 Å². The number of H-pyrrole nitrogens is 1. The highest BCUT2D eigenvalue weighted by Gasteiger charge is 2.47. The van der Waals surface area contributed by atoms with Gasteiger partial charge in [-0.2, -0.15) is 0 Å². The summed E-state index contributed by atoms with van der Waals surface area (Å²) in [6, 6.07) is 14.1. The molecule has 1 unspecified atom stereocenters. The average molecular weight is 418 g/mol. The number of aromatic nitrogens is 1. The zero-order valence-electron chi connectivity index (χ0n) is 17.9. The van der Waals surface area contributed by atoms with Gasteiger partial charge < -0.3 is 19.7 Å². The minimum absolute atomic E-state index is 0.111. The fourth-order valence-electron chi connectivity index (χ4n) is 4.36. The van der Waals surface area contributed by atoms with E-state index in [2.05, 4.69) is 4.98 Å². The van der Waals surface area contributed by atoms with Crippen LogP contribution in [-0.4, -0.2) is 39.8 Å². The molecule has 6 heteroatoms. The number of likely N-dealkylation sites (tertiary alicyclic amines) is 1. The van der Waals surface area contributed by atoms with E-state index in [1.54, 1.807) is 29.2 Å². The van der Waals surface area contributed by atoms with E-state index in [9.17, 15) is 14.7 Å². The quantitative estimate of drug-likeness (QED) is 0.345. The smallest absolute Gasteiger partial charge is 0.295 e. The summed E-state index contributed by atoms with van der Waals surface area (Å²) in [5.41, 5.74) is 3.19. The first-order chi connectivity index (χ1) is 15.0. The van der Waals surface area contributed by atoms with Gasteiger partial charge in [-0.15, -0.1) is 0 Å². The molecule has 1 atom stereocenters. The minimum Gasteiger partial charge on any atom is -0.507 e. The van der Waals surface area contributed by atoms with Gasteiger partial charge >= 0.3 is 0 Å². The number of amides is 1. The normalized spacial score (nSPS) is 18.2. The van der Waals surface area contributed by atoms with E-state index in [1.165, 1.54) is 0 Å². The molecule has 2 aromatic carbocycles. The van der Waals surface area contributed by atoms with Gasteiger partial charge in [0.2, 0.25) is 0 Å². The second-order valence-corrected chi connectivity index (χ2v) is 7.66. The molecule has 0 radical (unpaired) electrons. The van der Waals surface area contributed by atoms with Crippen molar-refractivity contribution >= 4 is 28.4 Å². The fourth-order valence-corrected chi connectivity index (χ4v) is 4.36. The number of nitrogens with zero attached hydrogens (tertiary/aromatic N) is 1. The molecular formula is C25H26N2O4. The number of carbonyl (C=O) groups excluding carboxylic acids is 2. The highest BCUT2D eigenvalue weighted by Crippen LogP contribution is 2.43.